The van der Waals surface area contributed by atoms with Gasteiger partial charge < -0.3 is 20.4 Å². The third kappa shape index (κ3) is 5.29. The van der Waals surface area contributed by atoms with Gasteiger partial charge in [-0.2, -0.15) is 0 Å². The molecule has 0 radical (unpaired) electrons. The number of rotatable bonds is 6. The quantitative estimate of drug-likeness (QED) is 0.480. The Labute approximate surface area is 236 Å². The highest BCUT2D eigenvalue weighted by atomic mass is 35.5. The molecule has 2 aromatic carbocycles. The van der Waals surface area contributed by atoms with Crippen molar-refractivity contribution >= 4 is 41.0 Å². The molecule has 2 aromatic rings. The maximum Gasteiger partial charge on any atom is 0.334 e. The summed E-state index contributed by atoms with van der Waals surface area (Å²) in [7, 11) is 0. The molecule has 10 heteroatoms. The van der Waals surface area contributed by atoms with Crippen molar-refractivity contribution in [3.8, 4) is 0 Å². The predicted octanol–water partition coefficient (Wildman–Crippen LogP) is 4.08. The van der Waals surface area contributed by atoms with E-state index in [4.69, 9.17) is 23.2 Å². The third-order valence-corrected chi connectivity index (χ3v) is 8.59. The van der Waals surface area contributed by atoms with Gasteiger partial charge in [0.05, 0.1) is 23.5 Å². The van der Waals surface area contributed by atoms with Crippen molar-refractivity contribution in [1.29, 1.82) is 0 Å². The van der Waals surface area contributed by atoms with Crippen LogP contribution in [-0.4, -0.2) is 70.1 Å². The molecule has 3 N–H and O–H groups in total. The number of carboxylic acids is 2. The number of amides is 1. The molecule has 0 aromatic heterocycles. The van der Waals surface area contributed by atoms with Crippen LogP contribution in [0.25, 0.3) is 0 Å². The van der Waals surface area contributed by atoms with Gasteiger partial charge in [0, 0.05) is 59.2 Å². The maximum absolute atomic E-state index is 13.4. The summed E-state index contributed by atoms with van der Waals surface area (Å²) in [6.07, 6.45) is 1.80. The van der Waals surface area contributed by atoms with Crippen LogP contribution in [0.5, 0.6) is 0 Å². The molecule has 204 valence electrons. The summed E-state index contributed by atoms with van der Waals surface area (Å²) in [5.74, 6) is -4.11. The molecular formula is C29H29Cl2N3O5. The zero-order valence-corrected chi connectivity index (χ0v) is 22.9. The Bertz CT molecular complexity index is 1370. The van der Waals surface area contributed by atoms with Crippen molar-refractivity contribution in [3.63, 3.8) is 0 Å². The number of hydrogen-bond donors (Lipinski definition) is 3. The van der Waals surface area contributed by atoms with E-state index in [1.807, 2.05) is 0 Å². The molecule has 5 rings (SSSR count). The number of dihydropyridines is 1. The first-order valence-electron chi connectivity index (χ1n) is 12.9. The predicted molar refractivity (Wildman–Crippen MR) is 148 cm³/mol. The third-order valence-electron chi connectivity index (χ3n) is 7.93. The standard InChI is InChI=1S/C29H29Cl2N3O5/c1-16-24(28(36)37)27(25-20(30)7-4-8-21(25)31)26(29(38)39)22(32-16)15-23(35)34-11-9-33(10-12-34)19-13-17-5-2-3-6-18(17)14-19/h2-8,19,27,32H,9-15H2,1H3,(H,36,37)(H,38,39). The van der Waals surface area contributed by atoms with E-state index in [0.717, 1.165) is 25.9 Å². The average Bonchev–Trinajstić information content (AvgIpc) is 3.32. The lowest BCUT2D eigenvalue weighted by atomic mass is 9.79. The topological polar surface area (TPSA) is 110 Å². The second kappa shape index (κ2) is 11.0. The second-order valence-electron chi connectivity index (χ2n) is 10.2. The van der Waals surface area contributed by atoms with Crippen LogP contribution < -0.4 is 5.32 Å². The number of nitrogens with one attached hydrogen (secondary N) is 1. The van der Waals surface area contributed by atoms with Gasteiger partial charge in [-0.25, -0.2) is 9.59 Å². The van der Waals surface area contributed by atoms with E-state index >= 15 is 0 Å². The number of carbonyl (C=O) groups is 3. The number of hydrogen-bond acceptors (Lipinski definition) is 5. The number of nitrogens with zero attached hydrogens (tertiary/aromatic N) is 2. The number of halogens is 2. The van der Waals surface area contributed by atoms with Crippen LogP contribution in [0.15, 0.2) is 65.0 Å². The van der Waals surface area contributed by atoms with Crippen LogP contribution >= 0.6 is 23.2 Å². The van der Waals surface area contributed by atoms with E-state index in [0.29, 0.717) is 19.1 Å². The highest BCUT2D eigenvalue weighted by Gasteiger charge is 2.40. The lowest BCUT2D eigenvalue weighted by Gasteiger charge is -2.38. The summed E-state index contributed by atoms with van der Waals surface area (Å²) >= 11 is 12.8. The molecule has 1 atom stereocenters. The van der Waals surface area contributed by atoms with Gasteiger partial charge in [0.15, 0.2) is 0 Å². The summed E-state index contributed by atoms with van der Waals surface area (Å²) in [5, 5.41) is 23.4. The van der Waals surface area contributed by atoms with E-state index in [-0.39, 0.29) is 50.5 Å². The van der Waals surface area contributed by atoms with E-state index < -0.39 is 17.9 Å². The minimum absolute atomic E-state index is 0.143. The molecule has 1 aliphatic carbocycles. The molecule has 1 saturated heterocycles. The van der Waals surface area contributed by atoms with Crippen LogP contribution in [0.3, 0.4) is 0 Å². The van der Waals surface area contributed by atoms with Crippen molar-refractivity contribution in [2.24, 2.45) is 0 Å². The zero-order valence-electron chi connectivity index (χ0n) is 21.4. The molecule has 1 amide bonds. The normalized spacial score (nSPS) is 20.2. The summed E-state index contributed by atoms with van der Waals surface area (Å²) in [6.45, 7) is 4.10. The number of carboxylic acid groups (broad SMARTS) is 2. The number of allylic oxidation sites excluding steroid dienone is 1. The second-order valence-corrected chi connectivity index (χ2v) is 11.0. The highest BCUT2D eigenvalue weighted by molar-refractivity contribution is 6.36. The van der Waals surface area contributed by atoms with Crippen molar-refractivity contribution in [3.05, 3.63) is 91.7 Å². The minimum atomic E-state index is -1.34. The van der Waals surface area contributed by atoms with E-state index in [2.05, 4.69) is 34.5 Å². The van der Waals surface area contributed by atoms with Gasteiger partial charge in [0.1, 0.15) is 0 Å². The van der Waals surface area contributed by atoms with E-state index in [1.165, 1.54) is 23.3 Å². The Balaban J connectivity index is 1.36. The van der Waals surface area contributed by atoms with Crippen LogP contribution in [0.4, 0.5) is 0 Å². The van der Waals surface area contributed by atoms with Gasteiger partial charge in [-0.3, -0.25) is 9.69 Å². The van der Waals surface area contributed by atoms with Crippen molar-refractivity contribution in [1.82, 2.24) is 15.1 Å². The number of fused-ring (bicyclic) bond motifs is 1. The zero-order chi connectivity index (χ0) is 27.8. The fourth-order valence-electron chi connectivity index (χ4n) is 6.04. The van der Waals surface area contributed by atoms with Crippen LogP contribution in [-0.2, 0) is 27.2 Å². The molecule has 0 spiro atoms. The smallest absolute Gasteiger partial charge is 0.334 e. The van der Waals surface area contributed by atoms with Crippen molar-refractivity contribution in [2.75, 3.05) is 26.2 Å². The molecule has 39 heavy (non-hydrogen) atoms. The molecule has 0 saturated carbocycles. The minimum Gasteiger partial charge on any atom is -0.478 e. The lowest BCUT2D eigenvalue weighted by Crippen LogP contribution is -2.52. The molecule has 8 nitrogen and oxygen atoms in total. The highest BCUT2D eigenvalue weighted by Crippen LogP contribution is 2.44. The number of aliphatic carboxylic acids is 2. The summed E-state index contributed by atoms with van der Waals surface area (Å²) < 4.78 is 0. The molecular weight excluding hydrogens is 541 g/mol. The Hall–Kier alpha value is -3.33. The van der Waals surface area contributed by atoms with Gasteiger partial charge in [-0.15, -0.1) is 0 Å². The lowest BCUT2D eigenvalue weighted by molar-refractivity contribution is -0.133. The first-order valence-corrected chi connectivity index (χ1v) is 13.6. The van der Waals surface area contributed by atoms with Crippen LogP contribution in [0, 0.1) is 0 Å². The summed E-state index contributed by atoms with van der Waals surface area (Å²) in [5.41, 5.74) is 2.91. The van der Waals surface area contributed by atoms with E-state index in [1.54, 1.807) is 17.9 Å². The molecule has 1 unspecified atom stereocenters. The molecule has 2 aliphatic heterocycles. The molecule has 1 fully saturated rings. The van der Waals surface area contributed by atoms with Gasteiger partial charge in [-0.05, 0) is 43.0 Å². The van der Waals surface area contributed by atoms with E-state index in [9.17, 15) is 24.6 Å². The fraction of sp³-hybridized carbons (Fsp3) is 0.345. The van der Waals surface area contributed by atoms with Gasteiger partial charge in [0.25, 0.3) is 0 Å². The molecule has 2 heterocycles. The summed E-state index contributed by atoms with van der Waals surface area (Å²) in [4.78, 5) is 42.4. The van der Waals surface area contributed by atoms with Gasteiger partial charge in [0.2, 0.25) is 5.91 Å². The van der Waals surface area contributed by atoms with Crippen molar-refractivity contribution < 1.29 is 24.6 Å². The van der Waals surface area contributed by atoms with Crippen LogP contribution in [0.1, 0.15) is 36.0 Å². The first kappa shape index (κ1) is 27.2. The Morgan fingerprint density at radius 1 is 0.872 bits per heavy atom. The fourth-order valence-corrected chi connectivity index (χ4v) is 6.66. The van der Waals surface area contributed by atoms with Gasteiger partial charge >= 0.3 is 11.9 Å². The Morgan fingerprint density at radius 3 is 1.97 bits per heavy atom. The maximum atomic E-state index is 13.4. The number of benzene rings is 2. The number of piperazine rings is 1. The monoisotopic (exact) mass is 569 g/mol. The molecule has 3 aliphatic rings. The average molecular weight is 570 g/mol. The van der Waals surface area contributed by atoms with Gasteiger partial charge in [-0.1, -0.05) is 53.5 Å². The van der Waals surface area contributed by atoms with Crippen LogP contribution in [0.2, 0.25) is 10.0 Å². The Kier molecular flexibility index (Phi) is 7.71. The SMILES string of the molecule is CC1=C(C(=O)O)C(c2c(Cl)cccc2Cl)C(C(=O)O)=C(CC(=O)N2CCN(C3Cc4ccccc4C3)CC2)N1. The Morgan fingerprint density at radius 2 is 1.44 bits per heavy atom. The largest absolute Gasteiger partial charge is 0.478 e. The van der Waals surface area contributed by atoms with Crippen molar-refractivity contribution in [2.45, 2.75) is 38.1 Å². The first-order chi connectivity index (χ1) is 18.7. The summed E-state index contributed by atoms with van der Waals surface area (Å²) in [6, 6.07) is 13.6. The molecule has 0 bridgehead atoms. The number of carbonyl (C=O) groups excluding carboxylic acids is 1.